The average Bonchev–Trinajstić information content (AvgIpc) is 2.59. The molecule has 0 bridgehead atoms. The van der Waals surface area contributed by atoms with Crippen molar-refractivity contribution in [1.29, 1.82) is 0 Å². The molecule has 1 aliphatic carbocycles. The largest absolute Gasteiger partial charge is 0.457 e. The number of nitrogens with one attached hydrogen (secondary N) is 1. The van der Waals surface area contributed by atoms with Crippen molar-refractivity contribution >= 4 is 5.91 Å². The lowest BCUT2D eigenvalue weighted by Gasteiger charge is -2.26. The Bertz CT molecular complexity index is 668. The van der Waals surface area contributed by atoms with Gasteiger partial charge in [0, 0.05) is 11.6 Å². The Morgan fingerprint density at radius 2 is 1.46 bits per heavy atom. The summed E-state index contributed by atoms with van der Waals surface area (Å²) in [4.78, 5) is 12.3. The molecule has 2 aromatic rings. The van der Waals surface area contributed by atoms with E-state index in [0.717, 1.165) is 30.3 Å². The van der Waals surface area contributed by atoms with Gasteiger partial charge in [0.15, 0.2) is 0 Å². The topological polar surface area (TPSA) is 38.3 Å². The molecule has 1 saturated carbocycles. The second-order valence-electron chi connectivity index (χ2n) is 6.87. The number of benzene rings is 2. The molecule has 0 aliphatic heterocycles. The zero-order valence-electron chi connectivity index (χ0n) is 14.4. The Labute approximate surface area is 144 Å². The first-order valence-electron chi connectivity index (χ1n) is 8.75. The van der Waals surface area contributed by atoms with Crippen molar-refractivity contribution in [3.63, 3.8) is 0 Å². The van der Waals surface area contributed by atoms with Crippen LogP contribution >= 0.6 is 0 Å². The van der Waals surface area contributed by atoms with Crippen LogP contribution in [0.15, 0.2) is 48.5 Å². The van der Waals surface area contributed by atoms with E-state index in [9.17, 15) is 4.79 Å². The van der Waals surface area contributed by atoms with E-state index in [0.29, 0.717) is 11.6 Å². The summed E-state index contributed by atoms with van der Waals surface area (Å²) in [5.74, 6) is 2.34. The molecule has 3 rings (SSSR count). The van der Waals surface area contributed by atoms with Crippen LogP contribution in [-0.2, 0) is 0 Å². The van der Waals surface area contributed by atoms with Crippen molar-refractivity contribution < 1.29 is 9.53 Å². The lowest BCUT2D eigenvalue weighted by atomic mass is 9.87. The fraction of sp³-hybridized carbons (Fsp3) is 0.381. The highest BCUT2D eigenvalue weighted by atomic mass is 16.5. The number of carbonyl (C=O) groups is 1. The third-order valence-corrected chi connectivity index (χ3v) is 4.72. The number of amides is 1. The molecule has 0 atom stereocenters. The molecule has 0 spiro atoms. The molecule has 1 fully saturated rings. The van der Waals surface area contributed by atoms with E-state index in [-0.39, 0.29) is 5.91 Å². The molecular weight excluding hydrogens is 298 g/mol. The highest BCUT2D eigenvalue weighted by Crippen LogP contribution is 2.24. The predicted molar refractivity (Wildman–Crippen MR) is 96.6 cm³/mol. The first-order valence-corrected chi connectivity index (χ1v) is 8.75. The molecule has 0 saturated heterocycles. The fourth-order valence-corrected chi connectivity index (χ4v) is 3.09. The molecule has 2 aromatic carbocycles. The number of rotatable bonds is 4. The van der Waals surface area contributed by atoms with Gasteiger partial charge in [0.25, 0.3) is 5.91 Å². The number of aryl methyl sites for hydroxylation is 1. The molecule has 0 aromatic heterocycles. The van der Waals surface area contributed by atoms with Gasteiger partial charge in [-0.3, -0.25) is 4.79 Å². The summed E-state index contributed by atoms with van der Waals surface area (Å²) in [6.45, 7) is 4.33. The van der Waals surface area contributed by atoms with E-state index < -0.39 is 0 Å². The first kappa shape index (κ1) is 16.6. The van der Waals surface area contributed by atoms with Crippen molar-refractivity contribution in [3.8, 4) is 11.5 Å². The first-order chi connectivity index (χ1) is 11.6. The van der Waals surface area contributed by atoms with Crippen molar-refractivity contribution in [2.45, 2.75) is 45.6 Å². The van der Waals surface area contributed by atoms with Gasteiger partial charge in [-0.05, 0) is 74.9 Å². The molecule has 0 radical (unpaired) electrons. The Kier molecular flexibility index (Phi) is 5.19. The number of hydrogen-bond donors (Lipinski definition) is 1. The minimum absolute atomic E-state index is 0.0106. The summed E-state index contributed by atoms with van der Waals surface area (Å²) < 4.78 is 5.80. The van der Waals surface area contributed by atoms with Crippen molar-refractivity contribution in [2.75, 3.05) is 0 Å². The molecule has 24 heavy (non-hydrogen) atoms. The quantitative estimate of drug-likeness (QED) is 0.850. The third kappa shape index (κ3) is 4.38. The molecule has 3 nitrogen and oxygen atoms in total. The Morgan fingerprint density at radius 1 is 0.917 bits per heavy atom. The number of hydrogen-bond acceptors (Lipinski definition) is 2. The van der Waals surface area contributed by atoms with E-state index in [1.807, 2.05) is 55.5 Å². The van der Waals surface area contributed by atoms with Gasteiger partial charge < -0.3 is 10.1 Å². The molecule has 0 unspecified atom stereocenters. The van der Waals surface area contributed by atoms with Gasteiger partial charge in [0.1, 0.15) is 11.5 Å². The molecule has 1 aliphatic rings. The van der Waals surface area contributed by atoms with E-state index >= 15 is 0 Å². The van der Waals surface area contributed by atoms with Crippen molar-refractivity contribution in [3.05, 3.63) is 59.7 Å². The number of carbonyl (C=O) groups excluding carboxylic acids is 1. The average molecular weight is 323 g/mol. The van der Waals surface area contributed by atoms with Crippen LogP contribution in [0.2, 0.25) is 0 Å². The summed E-state index contributed by atoms with van der Waals surface area (Å²) in [6, 6.07) is 15.6. The van der Waals surface area contributed by atoms with Crippen LogP contribution in [-0.4, -0.2) is 11.9 Å². The number of ether oxygens (including phenoxy) is 1. The molecule has 1 N–H and O–H groups in total. The van der Waals surface area contributed by atoms with E-state index in [2.05, 4.69) is 12.2 Å². The van der Waals surface area contributed by atoms with Crippen LogP contribution in [0, 0.1) is 12.8 Å². The van der Waals surface area contributed by atoms with Gasteiger partial charge in [-0.15, -0.1) is 0 Å². The SMILES string of the molecule is Cc1ccc(Oc2ccc(C(=O)NC3CCC(C)CC3)cc2)cc1. The Balaban J connectivity index is 1.57. The van der Waals surface area contributed by atoms with Gasteiger partial charge in [-0.2, -0.15) is 0 Å². The summed E-state index contributed by atoms with van der Waals surface area (Å²) in [7, 11) is 0. The summed E-state index contributed by atoms with van der Waals surface area (Å²) in [5, 5.41) is 3.15. The normalized spacial score (nSPS) is 20.4. The van der Waals surface area contributed by atoms with Crippen LogP contribution in [0.3, 0.4) is 0 Å². The van der Waals surface area contributed by atoms with Crippen LogP contribution in [0.4, 0.5) is 0 Å². The van der Waals surface area contributed by atoms with Crippen LogP contribution in [0.5, 0.6) is 11.5 Å². The highest BCUT2D eigenvalue weighted by Gasteiger charge is 2.20. The summed E-state index contributed by atoms with van der Waals surface area (Å²) in [6.07, 6.45) is 4.57. The highest BCUT2D eigenvalue weighted by molar-refractivity contribution is 5.94. The zero-order chi connectivity index (χ0) is 16.9. The third-order valence-electron chi connectivity index (χ3n) is 4.72. The van der Waals surface area contributed by atoms with Gasteiger partial charge in [0.05, 0.1) is 0 Å². The smallest absolute Gasteiger partial charge is 0.251 e. The van der Waals surface area contributed by atoms with E-state index in [4.69, 9.17) is 4.74 Å². The minimum Gasteiger partial charge on any atom is -0.457 e. The molecule has 3 heteroatoms. The minimum atomic E-state index is 0.0106. The molecule has 1 amide bonds. The van der Waals surface area contributed by atoms with E-state index in [1.165, 1.54) is 18.4 Å². The van der Waals surface area contributed by atoms with Gasteiger partial charge >= 0.3 is 0 Å². The predicted octanol–water partition coefficient (Wildman–Crippen LogP) is 5.10. The zero-order valence-corrected chi connectivity index (χ0v) is 14.4. The van der Waals surface area contributed by atoms with Gasteiger partial charge in [-0.1, -0.05) is 24.6 Å². The summed E-state index contributed by atoms with van der Waals surface area (Å²) >= 11 is 0. The van der Waals surface area contributed by atoms with Crippen LogP contribution in [0.1, 0.15) is 48.5 Å². The second-order valence-corrected chi connectivity index (χ2v) is 6.87. The Morgan fingerprint density at radius 3 is 2.04 bits per heavy atom. The monoisotopic (exact) mass is 323 g/mol. The van der Waals surface area contributed by atoms with E-state index in [1.54, 1.807) is 0 Å². The van der Waals surface area contributed by atoms with Gasteiger partial charge in [-0.25, -0.2) is 0 Å². The maximum atomic E-state index is 12.3. The van der Waals surface area contributed by atoms with Crippen LogP contribution in [0.25, 0.3) is 0 Å². The maximum absolute atomic E-state index is 12.3. The molecular formula is C21H25NO2. The lowest BCUT2D eigenvalue weighted by Crippen LogP contribution is -2.37. The standard InChI is InChI=1S/C21H25NO2/c1-15-3-9-18(10-4-15)22-21(23)17-7-13-20(14-8-17)24-19-11-5-16(2)6-12-19/h5-8,11-15,18H,3-4,9-10H2,1-2H3,(H,22,23). The molecule has 126 valence electrons. The lowest BCUT2D eigenvalue weighted by molar-refractivity contribution is 0.0923. The second kappa shape index (κ2) is 7.52. The Hall–Kier alpha value is -2.29. The fourth-order valence-electron chi connectivity index (χ4n) is 3.09. The van der Waals surface area contributed by atoms with Crippen molar-refractivity contribution in [1.82, 2.24) is 5.32 Å². The van der Waals surface area contributed by atoms with Crippen LogP contribution < -0.4 is 10.1 Å². The maximum Gasteiger partial charge on any atom is 0.251 e. The summed E-state index contributed by atoms with van der Waals surface area (Å²) in [5.41, 5.74) is 1.89. The van der Waals surface area contributed by atoms with Crippen molar-refractivity contribution in [2.24, 2.45) is 5.92 Å². The molecule has 0 heterocycles. The van der Waals surface area contributed by atoms with Gasteiger partial charge in [0.2, 0.25) is 0 Å².